The Morgan fingerprint density at radius 2 is 1.65 bits per heavy atom. The van der Waals surface area contributed by atoms with Gasteiger partial charge in [0, 0.05) is 58.1 Å². The molecule has 1 N–H and O–H groups in total. The van der Waals surface area contributed by atoms with E-state index in [1.54, 1.807) is 19.5 Å². The van der Waals surface area contributed by atoms with Crippen molar-refractivity contribution in [3.05, 3.63) is 36.8 Å². The number of pyridine rings is 1. The van der Waals surface area contributed by atoms with Crippen LogP contribution in [0.15, 0.2) is 36.8 Å². The van der Waals surface area contributed by atoms with E-state index < -0.39 is 28.2 Å². The summed E-state index contributed by atoms with van der Waals surface area (Å²) in [4.78, 5) is 21.9. The van der Waals surface area contributed by atoms with Gasteiger partial charge in [-0.3, -0.25) is 4.79 Å². The van der Waals surface area contributed by atoms with Crippen molar-refractivity contribution in [3.8, 4) is 16.9 Å². The molecule has 0 radical (unpaired) electrons. The quantitative estimate of drug-likeness (QED) is 0.120. The van der Waals surface area contributed by atoms with Gasteiger partial charge in [-0.1, -0.05) is 39.3 Å². The average molecular weight is 626 g/mol. The molecule has 3 aromatic heterocycles. The molecule has 1 amide bonds. The Morgan fingerprint density at radius 3 is 2.26 bits per heavy atom. The number of aromatic nitrogens is 4. The zero-order valence-corrected chi connectivity index (χ0v) is 28.4. The van der Waals surface area contributed by atoms with Crippen LogP contribution in [0.3, 0.4) is 0 Å². The molecule has 1 saturated carbocycles. The summed E-state index contributed by atoms with van der Waals surface area (Å²) in [5, 5.41) is 3.67. The van der Waals surface area contributed by atoms with Gasteiger partial charge in [0.25, 0.3) is 0 Å². The summed E-state index contributed by atoms with van der Waals surface area (Å²) in [6.07, 6.45) is 3.01. The number of benzene rings is 1. The largest absolute Gasteiger partial charge is 0.496 e. The molecule has 2 unspecified atom stereocenters. The second-order valence-corrected chi connectivity index (χ2v) is 25.1. The molecule has 2 atom stereocenters. The second-order valence-electron chi connectivity index (χ2n) is 13.9. The first-order valence-electron chi connectivity index (χ1n) is 15.0. The normalized spacial score (nSPS) is 17.1. The van der Waals surface area contributed by atoms with Gasteiger partial charge in [-0.25, -0.2) is 14.4 Å². The topological polar surface area (TPSA) is 92.4 Å². The number of alkyl halides is 1. The lowest BCUT2D eigenvalue weighted by Crippen LogP contribution is -2.22. The Morgan fingerprint density at radius 1 is 1.00 bits per heavy atom. The summed E-state index contributed by atoms with van der Waals surface area (Å²) < 4.78 is 35.4. The highest BCUT2D eigenvalue weighted by molar-refractivity contribution is 6.76. The van der Waals surface area contributed by atoms with Gasteiger partial charge in [0.2, 0.25) is 5.91 Å². The molecule has 0 aliphatic heterocycles. The number of ether oxygens (including phenoxy) is 3. The highest BCUT2D eigenvalue weighted by Gasteiger charge is 2.43. The summed E-state index contributed by atoms with van der Waals surface area (Å²) >= 11 is 0. The van der Waals surface area contributed by atoms with Gasteiger partial charge in [-0.15, -0.1) is 0 Å². The maximum Gasteiger partial charge on any atom is 0.231 e. The number of methoxy groups -OCH3 is 1. The summed E-state index contributed by atoms with van der Waals surface area (Å²) in [5.74, 6) is 0.164. The first-order chi connectivity index (χ1) is 20.3. The number of fused-ring (bicyclic) bond motifs is 2. The molecule has 9 nitrogen and oxygen atoms in total. The first-order valence-corrected chi connectivity index (χ1v) is 22.4. The van der Waals surface area contributed by atoms with Gasteiger partial charge in [0.1, 0.15) is 36.8 Å². The molecule has 0 saturated heterocycles. The number of carbonyl (C=O) groups is 1. The third-order valence-corrected chi connectivity index (χ3v) is 11.1. The summed E-state index contributed by atoms with van der Waals surface area (Å²) in [7, 11) is -0.757. The number of carbonyl (C=O) groups excluding carboxylic acids is 1. The van der Waals surface area contributed by atoms with Crippen molar-refractivity contribution >= 4 is 49.9 Å². The Balaban J connectivity index is 1.46. The van der Waals surface area contributed by atoms with Gasteiger partial charge in [-0.2, -0.15) is 0 Å². The minimum absolute atomic E-state index is 0.266. The first kappa shape index (κ1) is 31.4. The number of hydrogen-bond donors (Lipinski definition) is 1. The SMILES string of the molecule is COc1cc2c(cc1-c1cn(COCC[Si](C)(C)C)c3nc(NC(=O)C4CC4F)ccc13)ncn2COCC[Si](C)(C)C. The van der Waals surface area contributed by atoms with Crippen LogP contribution >= 0.6 is 0 Å². The van der Waals surface area contributed by atoms with E-state index in [1.165, 1.54) is 0 Å². The van der Waals surface area contributed by atoms with Crippen LogP contribution in [0, 0.1) is 5.92 Å². The van der Waals surface area contributed by atoms with Crippen molar-refractivity contribution in [2.75, 3.05) is 25.6 Å². The van der Waals surface area contributed by atoms with E-state index in [-0.39, 0.29) is 12.3 Å². The van der Waals surface area contributed by atoms with Crippen LogP contribution in [0.25, 0.3) is 33.2 Å². The van der Waals surface area contributed by atoms with E-state index >= 15 is 0 Å². The predicted octanol–water partition coefficient (Wildman–Crippen LogP) is 6.98. The highest BCUT2D eigenvalue weighted by Crippen LogP contribution is 2.39. The molecule has 0 bridgehead atoms. The average Bonchev–Trinajstić information content (AvgIpc) is 3.39. The minimum atomic E-state index is -1.25. The third kappa shape index (κ3) is 7.72. The second kappa shape index (κ2) is 12.5. The predicted molar refractivity (Wildman–Crippen MR) is 175 cm³/mol. The van der Waals surface area contributed by atoms with Crippen molar-refractivity contribution in [1.29, 1.82) is 0 Å². The Kier molecular flexibility index (Phi) is 9.12. The smallest absolute Gasteiger partial charge is 0.231 e. The molecule has 0 spiro atoms. The lowest BCUT2D eigenvalue weighted by molar-refractivity contribution is -0.117. The zero-order valence-electron chi connectivity index (χ0n) is 26.4. The molecule has 3 heterocycles. The van der Waals surface area contributed by atoms with Crippen LogP contribution in [0.4, 0.5) is 10.2 Å². The van der Waals surface area contributed by atoms with Crippen LogP contribution in [0.2, 0.25) is 51.4 Å². The Hall–Kier alpha value is -3.07. The minimum Gasteiger partial charge on any atom is -0.496 e. The Bertz CT molecular complexity index is 1610. The standard InChI is InChI=1S/C31H44FN5O4Si2/c1-39-28-16-27-26(33-18-37(27)20-41-11-13-43(5,6)7)15-22(28)24-17-36(19-40-10-12-42(2,3)4)30-21(24)8-9-29(34-30)35-31(38)23-14-25(23)32/h8-9,15-18,23,25H,10-14,19-20H2,1-7H3,(H,34,35,38). The molecule has 4 aromatic rings. The van der Waals surface area contributed by atoms with Crippen LogP contribution < -0.4 is 10.1 Å². The fourth-order valence-electron chi connectivity index (χ4n) is 4.85. The van der Waals surface area contributed by atoms with Gasteiger partial charge in [-0.05, 0) is 36.7 Å². The van der Waals surface area contributed by atoms with E-state index in [9.17, 15) is 9.18 Å². The summed E-state index contributed by atoms with van der Waals surface area (Å²) in [6.45, 7) is 16.1. The number of amides is 1. The lowest BCUT2D eigenvalue weighted by Gasteiger charge is -2.16. The monoisotopic (exact) mass is 625 g/mol. The summed E-state index contributed by atoms with van der Waals surface area (Å²) in [5.41, 5.74) is 4.22. The number of anilines is 1. The number of nitrogens with zero attached hydrogens (tertiary/aromatic N) is 4. The molecular formula is C31H44FN5O4Si2. The number of halogens is 1. The van der Waals surface area contributed by atoms with Crippen molar-refractivity contribution in [1.82, 2.24) is 19.1 Å². The molecule has 1 aliphatic rings. The third-order valence-electron chi connectivity index (χ3n) is 7.71. The van der Waals surface area contributed by atoms with Crippen molar-refractivity contribution in [2.45, 2.75) is 77.4 Å². The molecule has 232 valence electrons. The van der Waals surface area contributed by atoms with E-state index in [0.717, 1.165) is 46.2 Å². The zero-order chi connectivity index (χ0) is 30.9. The van der Waals surface area contributed by atoms with Crippen molar-refractivity contribution < 1.29 is 23.4 Å². The summed E-state index contributed by atoms with van der Waals surface area (Å²) in [6, 6.07) is 9.87. The maximum atomic E-state index is 13.5. The van der Waals surface area contributed by atoms with E-state index in [1.807, 2.05) is 33.5 Å². The molecule has 1 fully saturated rings. The number of hydrogen-bond acceptors (Lipinski definition) is 6. The van der Waals surface area contributed by atoms with Crippen LogP contribution in [-0.2, 0) is 27.7 Å². The molecule has 5 rings (SSSR count). The van der Waals surface area contributed by atoms with Gasteiger partial charge in [0.05, 0.1) is 30.4 Å². The van der Waals surface area contributed by atoms with Crippen molar-refractivity contribution in [3.63, 3.8) is 0 Å². The number of nitrogens with one attached hydrogen (secondary N) is 1. The van der Waals surface area contributed by atoms with E-state index in [0.29, 0.717) is 37.3 Å². The van der Waals surface area contributed by atoms with Crippen LogP contribution in [-0.4, -0.2) is 67.7 Å². The van der Waals surface area contributed by atoms with Crippen LogP contribution in [0.5, 0.6) is 5.75 Å². The van der Waals surface area contributed by atoms with E-state index in [4.69, 9.17) is 19.2 Å². The lowest BCUT2D eigenvalue weighted by atomic mass is 10.0. The highest BCUT2D eigenvalue weighted by atomic mass is 28.3. The molecule has 1 aliphatic carbocycles. The van der Waals surface area contributed by atoms with Crippen LogP contribution in [0.1, 0.15) is 6.42 Å². The van der Waals surface area contributed by atoms with Crippen molar-refractivity contribution in [2.24, 2.45) is 5.92 Å². The fourth-order valence-corrected chi connectivity index (χ4v) is 6.36. The molecule has 12 heteroatoms. The maximum absolute atomic E-state index is 13.5. The molecule has 43 heavy (non-hydrogen) atoms. The van der Waals surface area contributed by atoms with Gasteiger partial charge in [0.15, 0.2) is 0 Å². The fraction of sp³-hybridized carbons (Fsp3) is 0.516. The van der Waals surface area contributed by atoms with Gasteiger partial charge < -0.3 is 28.7 Å². The van der Waals surface area contributed by atoms with Gasteiger partial charge >= 0.3 is 0 Å². The molecule has 1 aromatic carbocycles. The number of imidazole rings is 1. The Labute approximate surface area is 254 Å². The van der Waals surface area contributed by atoms with E-state index in [2.05, 4.69) is 49.6 Å². The number of rotatable bonds is 14. The molecular weight excluding hydrogens is 582 g/mol.